The largest absolute Gasteiger partial charge is 0.301 e. The fourth-order valence-corrected chi connectivity index (χ4v) is 7.81. The van der Waals surface area contributed by atoms with Crippen LogP contribution in [-0.2, 0) is 17.6 Å². The van der Waals surface area contributed by atoms with Gasteiger partial charge in [0, 0.05) is 15.8 Å². The Bertz CT molecular complexity index is 1750. The summed E-state index contributed by atoms with van der Waals surface area (Å²) in [7, 11) is 0. The Morgan fingerprint density at radius 2 is 1.82 bits per heavy atom. The Kier molecular flexibility index (Phi) is 7.09. The van der Waals surface area contributed by atoms with E-state index in [2.05, 4.69) is 16.4 Å². The van der Waals surface area contributed by atoms with Crippen LogP contribution in [-0.4, -0.2) is 26.2 Å². The fourth-order valence-electron chi connectivity index (χ4n) is 4.96. The van der Waals surface area contributed by atoms with Crippen LogP contribution in [0.5, 0.6) is 0 Å². The quantitative estimate of drug-likeness (QED) is 0.175. The number of carbonyl (C=O) groups excluding carboxylic acids is 1. The second-order valence-electron chi connectivity index (χ2n) is 9.65. The van der Waals surface area contributed by atoms with Gasteiger partial charge in [-0.2, -0.15) is 0 Å². The lowest BCUT2D eigenvalue weighted by molar-refractivity contribution is -0.113. The highest BCUT2D eigenvalue weighted by molar-refractivity contribution is 7.99. The summed E-state index contributed by atoms with van der Waals surface area (Å²) in [6, 6.07) is 12.1. The number of fused-ring (bicyclic) bond motifs is 3. The van der Waals surface area contributed by atoms with Crippen LogP contribution in [0, 0.1) is 19.7 Å². The molecular weight excluding hydrogens is 552 g/mol. The number of halogens is 1. The van der Waals surface area contributed by atoms with Gasteiger partial charge in [0.2, 0.25) is 5.91 Å². The molecule has 0 spiro atoms. The van der Waals surface area contributed by atoms with Crippen molar-refractivity contribution in [2.45, 2.75) is 44.7 Å². The number of hydrogen-bond acceptors (Lipinski definition) is 7. The number of thiophene rings is 1. The van der Waals surface area contributed by atoms with Crippen LogP contribution in [0.1, 0.15) is 34.4 Å². The standard InChI is InChI=1S/C29H25FN4O2S3/c1-16-11-17(2)13-20(12-16)34-27(36)25-21-5-3-4-6-23(21)39-26(25)33-29(34)38-15-24(35)32-28-31-22(14-37-28)18-7-9-19(30)10-8-18/h7-14H,3-6,15H2,1-2H3,(H,31,32,35). The van der Waals surface area contributed by atoms with Gasteiger partial charge in [0.25, 0.3) is 5.56 Å². The van der Waals surface area contributed by atoms with Crippen LogP contribution >= 0.6 is 34.4 Å². The van der Waals surface area contributed by atoms with Gasteiger partial charge >= 0.3 is 0 Å². The average Bonchev–Trinajstić information content (AvgIpc) is 3.52. The minimum Gasteiger partial charge on any atom is -0.301 e. The molecule has 3 heterocycles. The number of carbonyl (C=O) groups is 1. The number of hydrogen-bond donors (Lipinski definition) is 1. The summed E-state index contributed by atoms with van der Waals surface area (Å²) in [5.41, 5.74) is 5.38. The third-order valence-corrected chi connectivity index (χ3v) is 9.53. The Morgan fingerprint density at radius 1 is 1.08 bits per heavy atom. The number of thioether (sulfide) groups is 1. The van der Waals surface area contributed by atoms with E-state index in [-0.39, 0.29) is 23.0 Å². The number of nitrogens with one attached hydrogen (secondary N) is 1. The smallest absolute Gasteiger partial charge is 0.267 e. The normalized spacial score (nSPS) is 13.0. The first-order chi connectivity index (χ1) is 18.9. The molecule has 6 rings (SSSR count). The maximum absolute atomic E-state index is 14.0. The van der Waals surface area contributed by atoms with Crippen molar-refractivity contribution in [2.24, 2.45) is 0 Å². The maximum Gasteiger partial charge on any atom is 0.267 e. The Balaban J connectivity index is 1.30. The van der Waals surface area contributed by atoms with Crippen molar-refractivity contribution in [1.82, 2.24) is 14.5 Å². The molecule has 6 nitrogen and oxygen atoms in total. The summed E-state index contributed by atoms with van der Waals surface area (Å²) < 4.78 is 14.9. The molecule has 0 atom stereocenters. The van der Waals surface area contributed by atoms with Crippen molar-refractivity contribution in [2.75, 3.05) is 11.1 Å². The molecule has 2 aromatic carbocycles. The Labute approximate surface area is 237 Å². The van der Waals surface area contributed by atoms with E-state index < -0.39 is 0 Å². The molecule has 1 amide bonds. The highest BCUT2D eigenvalue weighted by Gasteiger charge is 2.23. The van der Waals surface area contributed by atoms with Gasteiger partial charge in [-0.15, -0.1) is 22.7 Å². The zero-order valence-corrected chi connectivity index (χ0v) is 23.9. The average molecular weight is 577 g/mol. The van der Waals surface area contributed by atoms with Crippen LogP contribution in [0.4, 0.5) is 9.52 Å². The van der Waals surface area contributed by atoms with Crippen molar-refractivity contribution < 1.29 is 9.18 Å². The third-order valence-electron chi connectivity index (χ3n) is 6.65. The molecule has 0 saturated heterocycles. The number of aryl methyl sites for hydroxylation is 4. The number of nitrogens with zero attached hydrogens (tertiary/aromatic N) is 3. The van der Waals surface area contributed by atoms with Gasteiger partial charge in [-0.3, -0.25) is 14.2 Å². The lowest BCUT2D eigenvalue weighted by Gasteiger charge is -2.14. The van der Waals surface area contributed by atoms with Crippen molar-refractivity contribution in [3.63, 3.8) is 0 Å². The van der Waals surface area contributed by atoms with Gasteiger partial charge in [0.05, 0.1) is 22.5 Å². The van der Waals surface area contributed by atoms with Gasteiger partial charge in [0.1, 0.15) is 10.6 Å². The van der Waals surface area contributed by atoms with E-state index >= 15 is 0 Å². The van der Waals surface area contributed by atoms with Crippen LogP contribution < -0.4 is 10.9 Å². The van der Waals surface area contributed by atoms with Crippen LogP contribution in [0.3, 0.4) is 0 Å². The number of amides is 1. The summed E-state index contributed by atoms with van der Waals surface area (Å²) >= 11 is 4.15. The lowest BCUT2D eigenvalue weighted by atomic mass is 9.97. The molecule has 0 saturated carbocycles. The molecule has 3 aromatic heterocycles. The van der Waals surface area contributed by atoms with E-state index in [9.17, 15) is 14.0 Å². The predicted molar refractivity (Wildman–Crippen MR) is 158 cm³/mol. The van der Waals surface area contributed by atoms with Crippen molar-refractivity contribution in [3.05, 3.63) is 85.6 Å². The topological polar surface area (TPSA) is 76.9 Å². The third kappa shape index (κ3) is 5.28. The number of anilines is 1. The summed E-state index contributed by atoms with van der Waals surface area (Å²) in [5, 5.41) is 6.34. The summed E-state index contributed by atoms with van der Waals surface area (Å²) in [6.45, 7) is 4.02. The van der Waals surface area contributed by atoms with Crippen LogP contribution in [0.2, 0.25) is 0 Å². The molecule has 10 heteroatoms. The Hall–Kier alpha value is -3.34. The van der Waals surface area contributed by atoms with Gasteiger partial charge in [-0.1, -0.05) is 17.8 Å². The molecule has 5 aromatic rings. The van der Waals surface area contributed by atoms with Crippen LogP contribution in [0.15, 0.2) is 57.8 Å². The van der Waals surface area contributed by atoms with Crippen molar-refractivity contribution in [1.29, 1.82) is 0 Å². The van der Waals surface area contributed by atoms with E-state index in [1.807, 2.05) is 31.4 Å². The second-order valence-corrected chi connectivity index (χ2v) is 12.5. The second kappa shape index (κ2) is 10.7. The number of thiazole rings is 1. The molecule has 1 aliphatic rings. The summed E-state index contributed by atoms with van der Waals surface area (Å²) in [6.07, 6.45) is 4.10. The molecule has 0 aliphatic heterocycles. The maximum atomic E-state index is 14.0. The van der Waals surface area contributed by atoms with Gasteiger partial charge in [0.15, 0.2) is 10.3 Å². The molecular formula is C29H25FN4O2S3. The molecule has 1 aliphatic carbocycles. The molecule has 1 N–H and O–H groups in total. The molecule has 39 heavy (non-hydrogen) atoms. The first-order valence-electron chi connectivity index (χ1n) is 12.7. The van der Waals surface area contributed by atoms with E-state index in [0.717, 1.165) is 63.8 Å². The summed E-state index contributed by atoms with van der Waals surface area (Å²) in [5.74, 6) is -0.487. The zero-order chi connectivity index (χ0) is 27.1. The lowest BCUT2D eigenvalue weighted by Crippen LogP contribution is -2.23. The SMILES string of the molecule is Cc1cc(C)cc(-n2c(SCC(=O)Nc3nc(-c4ccc(F)cc4)cs3)nc3sc4c(c3c2=O)CCCC4)c1. The predicted octanol–water partition coefficient (Wildman–Crippen LogP) is 6.94. The highest BCUT2D eigenvalue weighted by Crippen LogP contribution is 2.35. The van der Waals surface area contributed by atoms with E-state index in [1.54, 1.807) is 28.0 Å². The van der Waals surface area contributed by atoms with Crippen LogP contribution in [0.25, 0.3) is 27.2 Å². The van der Waals surface area contributed by atoms with Crippen molar-refractivity contribution >= 4 is 55.7 Å². The molecule has 0 fully saturated rings. The first kappa shape index (κ1) is 25.9. The van der Waals surface area contributed by atoms with E-state index in [4.69, 9.17) is 4.98 Å². The Morgan fingerprint density at radius 3 is 2.59 bits per heavy atom. The van der Waals surface area contributed by atoms with E-state index in [0.29, 0.717) is 16.0 Å². The van der Waals surface area contributed by atoms with Crippen molar-refractivity contribution in [3.8, 4) is 16.9 Å². The number of rotatable bonds is 6. The summed E-state index contributed by atoms with van der Waals surface area (Å²) in [4.78, 5) is 38.3. The monoisotopic (exact) mass is 576 g/mol. The minimum absolute atomic E-state index is 0.0687. The molecule has 0 radical (unpaired) electrons. The zero-order valence-electron chi connectivity index (χ0n) is 21.4. The molecule has 198 valence electrons. The number of aromatic nitrogens is 3. The van der Waals surface area contributed by atoms with E-state index in [1.165, 1.54) is 40.1 Å². The number of benzene rings is 2. The van der Waals surface area contributed by atoms with Gasteiger partial charge < -0.3 is 5.32 Å². The highest BCUT2D eigenvalue weighted by atomic mass is 32.2. The first-order valence-corrected chi connectivity index (χ1v) is 15.3. The van der Waals surface area contributed by atoms with Gasteiger partial charge in [-0.25, -0.2) is 14.4 Å². The molecule has 0 unspecified atom stereocenters. The fraction of sp³-hybridized carbons (Fsp3) is 0.241. The van der Waals surface area contributed by atoms with Gasteiger partial charge in [-0.05, 0) is 92.6 Å². The molecule has 0 bridgehead atoms. The minimum atomic E-state index is -0.312.